The van der Waals surface area contributed by atoms with Gasteiger partial charge in [0.05, 0.1) is 6.61 Å². The Balaban J connectivity index is 1.80. The second-order valence-corrected chi connectivity index (χ2v) is 4.65. The number of nitrogens with two attached hydrogens (primary N) is 1. The van der Waals surface area contributed by atoms with Crippen LogP contribution in [0.2, 0.25) is 0 Å². The van der Waals surface area contributed by atoms with Crippen LogP contribution in [-0.4, -0.2) is 18.1 Å². The van der Waals surface area contributed by atoms with Crippen LogP contribution in [0.25, 0.3) is 0 Å². The number of nitrogens with zero attached hydrogens (tertiary/aromatic N) is 1. The van der Waals surface area contributed by atoms with E-state index in [1.807, 2.05) is 5.38 Å². The third-order valence-corrected chi connectivity index (χ3v) is 3.63. The lowest BCUT2D eigenvalue weighted by Crippen LogP contribution is -2.23. The van der Waals surface area contributed by atoms with Gasteiger partial charge in [-0.2, -0.15) is 0 Å². The van der Waals surface area contributed by atoms with Gasteiger partial charge in [0.2, 0.25) is 0 Å². The van der Waals surface area contributed by atoms with Gasteiger partial charge in [-0.25, -0.2) is 4.98 Å². The lowest BCUT2D eigenvalue weighted by atomic mass is 9.97. The SMILES string of the molecule is NCC1CCCC1COc1nccs1. The van der Waals surface area contributed by atoms with Crippen LogP contribution in [0.4, 0.5) is 0 Å². The van der Waals surface area contributed by atoms with Gasteiger partial charge in [0, 0.05) is 11.6 Å². The molecule has 0 radical (unpaired) electrons. The summed E-state index contributed by atoms with van der Waals surface area (Å²) in [6, 6.07) is 0. The van der Waals surface area contributed by atoms with Gasteiger partial charge >= 0.3 is 0 Å². The summed E-state index contributed by atoms with van der Waals surface area (Å²) in [7, 11) is 0. The zero-order valence-electron chi connectivity index (χ0n) is 8.19. The van der Waals surface area contributed by atoms with E-state index in [0.29, 0.717) is 11.8 Å². The normalized spacial score (nSPS) is 26.6. The molecule has 14 heavy (non-hydrogen) atoms. The van der Waals surface area contributed by atoms with Crippen LogP contribution in [0.5, 0.6) is 5.19 Å². The van der Waals surface area contributed by atoms with Gasteiger partial charge < -0.3 is 10.5 Å². The Morgan fingerprint density at radius 3 is 3.07 bits per heavy atom. The maximum atomic E-state index is 5.70. The number of hydrogen-bond donors (Lipinski definition) is 1. The van der Waals surface area contributed by atoms with Crippen LogP contribution in [-0.2, 0) is 0 Å². The molecule has 1 fully saturated rings. The van der Waals surface area contributed by atoms with E-state index >= 15 is 0 Å². The highest BCUT2D eigenvalue weighted by molar-refractivity contribution is 7.11. The maximum Gasteiger partial charge on any atom is 0.273 e. The molecule has 2 atom stereocenters. The topological polar surface area (TPSA) is 48.1 Å². The van der Waals surface area contributed by atoms with Crippen molar-refractivity contribution in [2.75, 3.05) is 13.2 Å². The fourth-order valence-electron chi connectivity index (χ4n) is 2.10. The van der Waals surface area contributed by atoms with Gasteiger partial charge in [-0.1, -0.05) is 17.8 Å². The van der Waals surface area contributed by atoms with Crippen LogP contribution in [0.1, 0.15) is 19.3 Å². The Morgan fingerprint density at radius 2 is 2.36 bits per heavy atom. The summed E-state index contributed by atoms with van der Waals surface area (Å²) in [5.41, 5.74) is 5.70. The Bertz CT molecular complexity index is 263. The van der Waals surface area contributed by atoms with Crippen LogP contribution in [0.15, 0.2) is 11.6 Å². The maximum absolute atomic E-state index is 5.70. The Labute approximate surface area is 88.3 Å². The lowest BCUT2D eigenvalue weighted by molar-refractivity contribution is 0.216. The van der Waals surface area contributed by atoms with E-state index in [4.69, 9.17) is 10.5 Å². The molecule has 4 heteroatoms. The average Bonchev–Trinajstić information content (AvgIpc) is 2.85. The first-order valence-corrected chi connectivity index (χ1v) is 6.00. The summed E-state index contributed by atoms with van der Waals surface area (Å²) in [5.74, 6) is 1.30. The number of hydrogen-bond acceptors (Lipinski definition) is 4. The summed E-state index contributed by atoms with van der Waals surface area (Å²) >= 11 is 1.55. The van der Waals surface area contributed by atoms with Crippen molar-refractivity contribution < 1.29 is 4.74 Å². The van der Waals surface area contributed by atoms with Crippen molar-refractivity contribution in [3.8, 4) is 5.19 Å². The molecule has 1 aromatic rings. The number of rotatable bonds is 4. The Kier molecular flexibility index (Phi) is 3.37. The summed E-state index contributed by atoms with van der Waals surface area (Å²) in [4.78, 5) is 4.09. The Hall–Kier alpha value is -0.610. The molecule has 0 aromatic carbocycles. The second-order valence-electron chi connectivity index (χ2n) is 3.80. The second kappa shape index (κ2) is 4.75. The third-order valence-electron chi connectivity index (χ3n) is 2.95. The molecule has 1 saturated carbocycles. The summed E-state index contributed by atoms with van der Waals surface area (Å²) in [6.45, 7) is 1.58. The van der Waals surface area contributed by atoms with E-state index < -0.39 is 0 Å². The van der Waals surface area contributed by atoms with Gasteiger partial charge in [-0.05, 0) is 31.2 Å². The number of thiazole rings is 1. The standard InChI is InChI=1S/C10H16N2OS/c11-6-8-2-1-3-9(8)7-13-10-12-4-5-14-10/h4-5,8-9H,1-3,6-7,11H2. The van der Waals surface area contributed by atoms with Crippen molar-refractivity contribution in [1.29, 1.82) is 0 Å². The quantitative estimate of drug-likeness (QED) is 0.829. The summed E-state index contributed by atoms with van der Waals surface area (Å²) in [5, 5.41) is 2.72. The molecule has 2 N–H and O–H groups in total. The Morgan fingerprint density at radius 1 is 1.50 bits per heavy atom. The van der Waals surface area contributed by atoms with Gasteiger partial charge in [0.25, 0.3) is 5.19 Å². The first-order valence-electron chi connectivity index (χ1n) is 5.12. The van der Waals surface area contributed by atoms with Crippen molar-refractivity contribution in [2.45, 2.75) is 19.3 Å². The first kappa shape index (κ1) is 9.93. The van der Waals surface area contributed by atoms with Gasteiger partial charge in [0.15, 0.2) is 0 Å². The number of ether oxygens (including phenoxy) is 1. The van der Waals surface area contributed by atoms with E-state index in [1.165, 1.54) is 19.3 Å². The number of aromatic nitrogens is 1. The molecule has 1 aliphatic rings. The molecule has 2 unspecified atom stereocenters. The van der Waals surface area contributed by atoms with Gasteiger partial charge in [-0.3, -0.25) is 0 Å². The largest absolute Gasteiger partial charge is 0.470 e. The highest BCUT2D eigenvalue weighted by atomic mass is 32.1. The molecule has 0 saturated heterocycles. The molecule has 78 valence electrons. The molecule has 0 amide bonds. The molecule has 2 rings (SSSR count). The molecule has 3 nitrogen and oxygen atoms in total. The zero-order chi connectivity index (χ0) is 9.80. The minimum absolute atomic E-state index is 0.642. The molecule has 0 spiro atoms. The van der Waals surface area contributed by atoms with Crippen molar-refractivity contribution >= 4 is 11.3 Å². The van der Waals surface area contributed by atoms with E-state index in [0.717, 1.165) is 18.3 Å². The molecular formula is C10H16N2OS. The lowest BCUT2D eigenvalue weighted by Gasteiger charge is -2.16. The van der Waals surface area contributed by atoms with E-state index in [9.17, 15) is 0 Å². The molecule has 1 aliphatic carbocycles. The van der Waals surface area contributed by atoms with Crippen molar-refractivity contribution in [2.24, 2.45) is 17.6 Å². The van der Waals surface area contributed by atoms with Crippen molar-refractivity contribution in [3.63, 3.8) is 0 Å². The van der Waals surface area contributed by atoms with Crippen molar-refractivity contribution in [3.05, 3.63) is 11.6 Å². The van der Waals surface area contributed by atoms with Crippen LogP contribution in [0, 0.1) is 11.8 Å². The van der Waals surface area contributed by atoms with Crippen LogP contribution < -0.4 is 10.5 Å². The van der Waals surface area contributed by atoms with Gasteiger partial charge in [-0.15, -0.1) is 0 Å². The molecular weight excluding hydrogens is 196 g/mol. The molecule has 0 bridgehead atoms. The van der Waals surface area contributed by atoms with Crippen LogP contribution in [0.3, 0.4) is 0 Å². The minimum atomic E-state index is 0.642. The van der Waals surface area contributed by atoms with E-state index in [1.54, 1.807) is 17.5 Å². The van der Waals surface area contributed by atoms with Crippen molar-refractivity contribution in [1.82, 2.24) is 4.98 Å². The predicted molar refractivity (Wildman–Crippen MR) is 57.5 cm³/mol. The predicted octanol–water partition coefficient (Wildman–Crippen LogP) is 1.90. The van der Waals surface area contributed by atoms with Crippen LogP contribution >= 0.6 is 11.3 Å². The summed E-state index contributed by atoms with van der Waals surface area (Å²) in [6.07, 6.45) is 5.60. The fourth-order valence-corrected chi connectivity index (χ4v) is 2.60. The highest BCUT2D eigenvalue weighted by Gasteiger charge is 2.26. The highest BCUT2D eigenvalue weighted by Crippen LogP contribution is 2.31. The van der Waals surface area contributed by atoms with E-state index in [2.05, 4.69) is 4.98 Å². The molecule has 1 aromatic heterocycles. The van der Waals surface area contributed by atoms with E-state index in [-0.39, 0.29) is 0 Å². The molecule has 0 aliphatic heterocycles. The zero-order valence-corrected chi connectivity index (χ0v) is 9.00. The smallest absolute Gasteiger partial charge is 0.273 e. The average molecular weight is 212 g/mol. The van der Waals surface area contributed by atoms with Gasteiger partial charge in [0.1, 0.15) is 0 Å². The third kappa shape index (κ3) is 2.25. The first-order chi connectivity index (χ1) is 6.90. The molecule has 1 heterocycles. The fraction of sp³-hybridized carbons (Fsp3) is 0.700. The summed E-state index contributed by atoms with van der Waals surface area (Å²) < 4.78 is 5.61. The minimum Gasteiger partial charge on any atom is -0.470 e. The monoisotopic (exact) mass is 212 g/mol.